The molecule has 2 aromatic rings. The molecule has 0 bridgehead atoms. The molecule has 1 nitrogen and oxygen atoms in total. The number of hydrogen-bond acceptors (Lipinski definition) is 1. The molecule has 3 heteroatoms. The predicted molar refractivity (Wildman–Crippen MR) is 75.5 cm³/mol. The number of aryl methyl sites for hydroxylation is 1. The van der Waals surface area contributed by atoms with Gasteiger partial charge in [-0.05, 0) is 54.5 Å². The molecule has 0 fully saturated rings. The summed E-state index contributed by atoms with van der Waals surface area (Å²) in [5, 5.41) is 9.49. The van der Waals surface area contributed by atoms with E-state index in [0.717, 1.165) is 17.2 Å². The van der Waals surface area contributed by atoms with Crippen LogP contribution in [-0.2, 0) is 12.8 Å². The summed E-state index contributed by atoms with van der Waals surface area (Å²) in [4.78, 5) is 0. The van der Waals surface area contributed by atoms with Crippen LogP contribution in [0.2, 0.25) is 0 Å². The molecule has 1 atom stereocenters. The van der Waals surface area contributed by atoms with Crippen molar-refractivity contribution < 1.29 is 13.9 Å². The van der Waals surface area contributed by atoms with Crippen LogP contribution in [0.15, 0.2) is 42.5 Å². The maximum Gasteiger partial charge on any atom is 0.126 e. The van der Waals surface area contributed by atoms with Crippen LogP contribution in [0.5, 0.6) is 0 Å². The number of benzene rings is 2. The molecular weight excluding hydrogens is 258 g/mol. The molecule has 0 saturated heterocycles. The van der Waals surface area contributed by atoms with Crippen molar-refractivity contribution in [1.29, 1.82) is 0 Å². The first-order chi connectivity index (χ1) is 9.58. The minimum Gasteiger partial charge on any atom is -0.396 e. The van der Waals surface area contributed by atoms with Crippen molar-refractivity contribution in [3.63, 3.8) is 0 Å². The lowest BCUT2D eigenvalue weighted by Crippen LogP contribution is -2.14. The van der Waals surface area contributed by atoms with E-state index >= 15 is 0 Å². The number of aliphatic hydroxyl groups excluding tert-OH is 1. The summed E-state index contributed by atoms with van der Waals surface area (Å²) in [6.07, 6.45) is 1.15. The summed E-state index contributed by atoms with van der Waals surface area (Å²) in [7, 11) is 0. The molecule has 0 radical (unpaired) electrons. The van der Waals surface area contributed by atoms with Crippen molar-refractivity contribution in [3.05, 3.63) is 70.8 Å². The largest absolute Gasteiger partial charge is 0.396 e. The van der Waals surface area contributed by atoms with Gasteiger partial charge >= 0.3 is 0 Å². The van der Waals surface area contributed by atoms with Gasteiger partial charge in [0.05, 0.1) is 0 Å². The van der Waals surface area contributed by atoms with Gasteiger partial charge in [0, 0.05) is 12.7 Å². The Labute approximate surface area is 117 Å². The molecule has 1 unspecified atom stereocenters. The summed E-state index contributed by atoms with van der Waals surface area (Å²) >= 11 is 0. The van der Waals surface area contributed by atoms with Crippen molar-refractivity contribution in [2.24, 2.45) is 5.92 Å². The molecule has 0 aromatic heterocycles. The number of rotatable bonds is 5. The topological polar surface area (TPSA) is 20.2 Å². The third kappa shape index (κ3) is 3.87. The summed E-state index contributed by atoms with van der Waals surface area (Å²) in [5.41, 5.74) is 2.90. The lowest BCUT2D eigenvalue weighted by Gasteiger charge is -2.16. The Bertz CT molecular complexity index is 561. The zero-order valence-corrected chi connectivity index (χ0v) is 11.4. The molecular formula is C17H18F2O. The first-order valence-corrected chi connectivity index (χ1v) is 6.69. The molecule has 106 valence electrons. The highest BCUT2D eigenvalue weighted by molar-refractivity contribution is 5.26. The van der Waals surface area contributed by atoms with Gasteiger partial charge < -0.3 is 5.11 Å². The molecule has 0 aliphatic carbocycles. The van der Waals surface area contributed by atoms with Gasteiger partial charge in [0.1, 0.15) is 11.6 Å². The van der Waals surface area contributed by atoms with Gasteiger partial charge in [0.25, 0.3) is 0 Å². The van der Waals surface area contributed by atoms with Crippen LogP contribution in [0, 0.1) is 24.5 Å². The fraction of sp³-hybridized carbons (Fsp3) is 0.294. The summed E-state index contributed by atoms with van der Waals surface area (Å²) in [5.74, 6) is -1.20. The van der Waals surface area contributed by atoms with E-state index in [-0.39, 0.29) is 12.5 Å². The van der Waals surface area contributed by atoms with Gasteiger partial charge in [-0.1, -0.05) is 24.3 Å². The molecule has 2 aromatic carbocycles. The summed E-state index contributed by atoms with van der Waals surface area (Å²) in [6.45, 7) is 2.01. The molecule has 0 spiro atoms. The smallest absolute Gasteiger partial charge is 0.126 e. The van der Waals surface area contributed by atoms with Crippen LogP contribution in [0.25, 0.3) is 0 Å². The van der Waals surface area contributed by atoms with Crippen LogP contribution in [0.1, 0.15) is 16.7 Å². The summed E-state index contributed by atoms with van der Waals surface area (Å²) in [6, 6.07) is 11.5. The molecule has 1 N–H and O–H groups in total. The van der Waals surface area contributed by atoms with E-state index in [2.05, 4.69) is 0 Å². The van der Waals surface area contributed by atoms with E-state index in [0.29, 0.717) is 18.4 Å². The zero-order valence-electron chi connectivity index (χ0n) is 11.4. The Morgan fingerprint density at radius 1 is 1.00 bits per heavy atom. The monoisotopic (exact) mass is 276 g/mol. The van der Waals surface area contributed by atoms with Crippen LogP contribution in [0.4, 0.5) is 8.78 Å². The van der Waals surface area contributed by atoms with E-state index in [4.69, 9.17) is 0 Å². The average molecular weight is 276 g/mol. The van der Waals surface area contributed by atoms with Crippen LogP contribution in [-0.4, -0.2) is 11.7 Å². The Morgan fingerprint density at radius 3 is 2.25 bits per heavy atom. The predicted octanol–water partition coefficient (Wildman–Crippen LogP) is 3.67. The van der Waals surface area contributed by atoms with Crippen molar-refractivity contribution in [2.75, 3.05) is 6.61 Å². The van der Waals surface area contributed by atoms with E-state index in [1.165, 1.54) is 12.1 Å². The first-order valence-electron chi connectivity index (χ1n) is 6.69. The Morgan fingerprint density at radius 2 is 1.65 bits per heavy atom. The van der Waals surface area contributed by atoms with Crippen molar-refractivity contribution in [3.8, 4) is 0 Å². The summed E-state index contributed by atoms with van der Waals surface area (Å²) < 4.78 is 26.3. The van der Waals surface area contributed by atoms with E-state index in [9.17, 15) is 13.9 Å². The molecule has 0 saturated carbocycles. The van der Waals surface area contributed by atoms with Crippen molar-refractivity contribution in [1.82, 2.24) is 0 Å². The normalized spacial score (nSPS) is 12.4. The SMILES string of the molecule is Cc1ccccc1CC(CO)Cc1cc(F)cc(F)c1. The van der Waals surface area contributed by atoms with E-state index in [1.54, 1.807) is 0 Å². The molecule has 0 amide bonds. The van der Waals surface area contributed by atoms with Gasteiger partial charge in [0.2, 0.25) is 0 Å². The minimum atomic E-state index is -0.576. The fourth-order valence-corrected chi connectivity index (χ4v) is 2.41. The zero-order chi connectivity index (χ0) is 14.5. The Balaban J connectivity index is 2.11. The van der Waals surface area contributed by atoms with Gasteiger partial charge in [0.15, 0.2) is 0 Å². The maximum absolute atomic E-state index is 13.2. The molecule has 0 aliphatic rings. The third-order valence-electron chi connectivity index (χ3n) is 3.47. The van der Waals surface area contributed by atoms with Gasteiger partial charge in [-0.2, -0.15) is 0 Å². The number of hydrogen-bond donors (Lipinski definition) is 1. The van der Waals surface area contributed by atoms with Gasteiger partial charge in [-0.25, -0.2) is 8.78 Å². The second kappa shape index (κ2) is 6.62. The Hall–Kier alpha value is -1.74. The van der Waals surface area contributed by atoms with E-state index in [1.807, 2.05) is 31.2 Å². The number of halogens is 2. The lowest BCUT2D eigenvalue weighted by atomic mass is 9.91. The first kappa shape index (κ1) is 14.7. The van der Waals surface area contributed by atoms with Gasteiger partial charge in [-0.3, -0.25) is 0 Å². The minimum absolute atomic E-state index is 0.00747. The second-order valence-electron chi connectivity index (χ2n) is 5.16. The highest BCUT2D eigenvalue weighted by atomic mass is 19.1. The highest BCUT2D eigenvalue weighted by Crippen LogP contribution is 2.18. The quantitative estimate of drug-likeness (QED) is 0.883. The fourth-order valence-electron chi connectivity index (χ4n) is 2.41. The van der Waals surface area contributed by atoms with Crippen LogP contribution in [0.3, 0.4) is 0 Å². The highest BCUT2D eigenvalue weighted by Gasteiger charge is 2.12. The van der Waals surface area contributed by atoms with Crippen LogP contribution >= 0.6 is 0 Å². The molecule has 0 aliphatic heterocycles. The maximum atomic E-state index is 13.2. The van der Waals surface area contributed by atoms with Crippen molar-refractivity contribution in [2.45, 2.75) is 19.8 Å². The lowest BCUT2D eigenvalue weighted by molar-refractivity contribution is 0.224. The van der Waals surface area contributed by atoms with Crippen LogP contribution < -0.4 is 0 Å². The third-order valence-corrected chi connectivity index (χ3v) is 3.47. The van der Waals surface area contributed by atoms with Gasteiger partial charge in [-0.15, -0.1) is 0 Å². The molecule has 0 heterocycles. The standard InChI is InChI=1S/C17H18F2O/c1-12-4-2-3-5-15(12)7-14(11-20)6-13-8-16(18)10-17(19)9-13/h2-5,8-10,14,20H,6-7,11H2,1H3. The van der Waals surface area contributed by atoms with E-state index < -0.39 is 11.6 Å². The molecule has 20 heavy (non-hydrogen) atoms. The molecule has 2 rings (SSSR count). The second-order valence-corrected chi connectivity index (χ2v) is 5.16. The van der Waals surface area contributed by atoms with Crippen molar-refractivity contribution >= 4 is 0 Å². The average Bonchev–Trinajstić information content (AvgIpc) is 2.39. The number of aliphatic hydroxyl groups is 1. The Kier molecular flexibility index (Phi) is 4.85.